The highest BCUT2D eigenvalue weighted by atomic mass is 32.1. The van der Waals surface area contributed by atoms with Crippen molar-refractivity contribution in [2.24, 2.45) is 0 Å². The van der Waals surface area contributed by atoms with Gasteiger partial charge < -0.3 is 14.6 Å². The van der Waals surface area contributed by atoms with Crippen LogP contribution in [0.3, 0.4) is 0 Å². The predicted molar refractivity (Wildman–Crippen MR) is 96.3 cm³/mol. The van der Waals surface area contributed by atoms with Crippen LogP contribution in [0.2, 0.25) is 0 Å². The number of hydrogen-bond acceptors (Lipinski definition) is 3. The maximum absolute atomic E-state index is 12.6. The molecular formula is C19H22N2O2S. The number of pyridine rings is 1. The third-order valence-corrected chi connectivity index (χ3v) is 4.71. The first kappa shape index (κ1) is 16.7. The molecule has 1 amide bonds. The van der Waals surface area contributed by atoms with E-state index in [4.69, 9.17) is 17.0 Å². The van der Waals surface area contributed by atoms with Gasteiger partial charge in [-0.05, 0) is 48.9 Å². The van der Waals surface area contributed by atoms with E-state index in [0.717, 1.165) is 42.5 Å². The summed E-state index contributed by atoms with van der Waals surface area (Å²) >= 11 is 5.18. The number of ether oxygens (including phenoxy) is 1. The quantitative estimate of drug-likeness (QED) is 0.806. The Morgan fingerprint density at radius 1 is 1.33 bits per heavy atom. The average Bonchev–Trinajstić information content (AvgIpc) is 2.61. The monoisotopic (exact) mass is 342 g/mol. The summed E-state index contributed by atoms with van der Waals surface area (Å²) < 4.78 is 6.25. The number of nitrogens with zero attached hydrogens (tertiary/aromatic N) is 1. The lowest BCUT2D eigenvalue weighted by atomic mass is 9.94. The van der Waals surface area contributed by atoms with Crippen molar-refractivity contribution in [3.8, 4) is 0 Å². The van der Waals surface area contributed by atoms with Crippen LogP contribution in [0.25, 0.3) is 0 Å². The van der Waals surface area contributed by atoms with Crippen LogP contribution in [0.15, 0.2) is 42.6 Å². The van der Waals surface area contributed by atoms with E-state index in [1.807, 2.05) is 54.4 Å². The minimum Gasteiger partial charge on any atom is -0.445 e. The van der Waals surface area contributed by atoms with Gasteiger partial charge in [-0.25, -0.2) is 4.79 Å². The van der Waals surface area contributed by atoms with Crippen LogP contribution in [-0.2, 0) is 11.3 Å². The van der Waals surface area contributed by atoms with Crippen molar-refractivity contribution in [1.82, 2.24) is 9.88 Å². The van der Waals surface area contributed by atoms with Gasteiger partial charge in [-0.3, -0.25) is 0 Å². The van der Waals surface area contributed by atoms with Crippen LogP contribution in [0, 0.1) is 11.6 Å². The Bertz CT molecular complexity index is 757. The maximum atomic E-state index is 12.6. The van der Waals surface area contributed by atoms with Gasteiger partial charge in [0.2, 0.25) is 0 Å². The zero-order valence-corrected chi connectivity index (χ0v) is 14.6. The second kappa shape index (κ2) is 7.62. The molecule has 4 nitrogen and oxygen atoms in total. The lowest BCUT2D eigenvalue weighted by Gasteiger charge is -2.35. The Morgan fingerprint density at radius 3 is 2.88 bits per heavy atom. The van der Waals surface area contributed by atoms with Gasteiger partial charge in [0.05, 0.1) is 6.04 Å². The van der Waals surface area contributed by atoms with E-state index in [1.54, 1.807) is 0 Å². The van der Waals surface area contributed by atoms with E-state index >= 15 is 0 Å². The third-order valence-electron chi connectivity index (χ3n) is 4.47. The Kier molecular flexibility index (Phi) is 5.30. The topological polar surface area (TPSA) is 45.3 Å². The molecule has 1 atom stereocenters. The van der Waals surface area contributed by atoms with Crippen molar-refractivity contribution in [3.05, 3.63) is 63.9 Å². The standard InChI is InChI=1S/C19H22N2O2S/c1-14-11-18(24)20-12-16(14)17-9-5-6-10-21(17)19(22)23-13-15-7-3-2-4-8-15/h2-4,7-8,11-12,17H,5-6,9-10,13H2,1H3,(H,20,24)/t17-/m1/s1. The maximum Gasteiger partial charge on any atom is 0.410 e. The van der Waals surface area contributed by atoms with E-state index in [9.17, 15) is 4.79 Å². The molecule has 2 aromatic rings. The summed E-state index contributed by atoms with van der Waals surface area (Å²) in [5, 5.41) is 0. The average molecular weight is 342 g/mol. The normalized spacial score (nSPS) is 17.5. The second-order valence-electron chi connectivity index (χ2n) is 6.18. The van der Waals surface area contributed by atoms with Gasteiger partial charge in [-0.2, -0.15) is 0 Å². The number of likely N-dealkylation sites (tertiary alicyclic amines) is 1. The molecule has 2 heterocycles. The third kappa shape index (κ3) is 3.85. The smallest absolute Gasteiger partial charge is 0.410 e. The molecule has 0 aliphatic carbocycles. The summed E-state index contributed by atoms with van der Waals surface area (Å²) in [4.78, 5) is 17.6. The highest BCUT2D eigenvalue weighted by Gasteiger charge is 2.30. The lowest BCUT2D eigenvalue weighted by molar-refractivity contribution is 0.0677. The van der Waals surface area contributed by atoms with Crippen LogP contribution in [0.5, 0.6) is 0 Å². The summed E-state index contributed by atoms with van der Waals surface area (Å²) in [6.45, 7) is 3.08. The van der Waals surface area contributed by atoms with E-state index in [1.165, 1.54) is 0 Å². The Morgan fingerprint density at radius 2 is 2.12 bits per heavy atom. The first-order valence-electron chi connectivity index (χ1n) is 8.31. The number of aromatic amines is 1. The van der Waals surface area contributed by atoms with Crippen molar-refractivity contribution in [3.63, 3.8) is 0 Å². The number of hydrogen-bond donors (Lipinski definition) is 1. The number of benzene rings is 1. The molecule has 1 aliphatic heterocycles. The van der Waals surface area contributed by atoms with Gasteiger partial charge in [0.1, 0.15) is 11.2 Å². The summed E-state index contributed by atoms with van der Waals surface area (Å²) in [5.74, 6) is 0. The fourth-order valence-electron chi connectivity index (χ4n) is 3.22. The molecule has 5 heteroatoms. The molecule has 126 valence electrons. The first-order chi connectivity index (χ1) is 11.6. The number of rotatable bonds is 3. The van der Waals surface area contributed by atoms with Crippen LogP contribution in [0.1, 0.15) is 42.0 Å². The molecule has 0 saturated carbocycles. The number of aromatic nitrogens is 1. The number of nitrogens with one attached hydrogen (secondary N) is 1. The molecule has 1 aromatic carbocycles. The van der Waals surface area contributed by atoms with Crippen molar-refractivity contribution >= 4 is 18.3 Å². The summed E-state index contributed by atoms with van der Waals surface area (Å²) in [7, 11) is 0. The van der Waals surface area contributed by atoms with Crippen LogP contribution in [0.4, 0.5) is 4.79 Å². The molecule has 3 rings (SSSR count). The van der Waals surface area contributed by atoms with Crippen molar-refractivity contribution in [2.45, 2.75) is 38.8 Å². The highest BCUT2D eigenvalue weighted by Crippen LogP contribution is 2.32. The van der Waals surface area contributed by atoms with Gasteiger partial charge in [0.15, 0.2) is 0 Å². The number of carbonyl (C=O) groups is 1. The van der Waals surface area contributed by atoms with Gasteiger partial charge in [-0.1, -0.05) is 42.5 Å². The fraction of sp³-hybridized carbons (Fsp3) is 0.368. The molecule has 1 aliphatic rings. The van der Waals surface area contributed by atoms with Crippen LogP contribution in [-0.4, -0.2) is 22.5 Å². The minimum absolute atomic E-state index is 0.0499. The Balaban J connectivity index is 1.74. The van der Waals surface area contributed by atoms with E-state index in [2.05, 4.69) is 4.98 Å². The van der Waals surface area contributed by atoms with Crippen LogP contribution >= 0.6 is 12.2 Å². The van der Waals surface area contributed by atoms with E-state index in [0.29, 0.717) is 11.2 Å². The lowest BCUT2D eigenvalue weighted by Crippen LogP contribution is -2.39. The Labute approximate surface area is 147 Å². The van der Waals surface area contributed by atoms with Crippen molar-refractivity contribution in [2.75, 3.05) is 6.54 Å². The van der Waals surface area contributed by atoms with Crippen LogP contribution < -0.4 is 0 Å². The summed E-state index contributed by atoms with van der Waals surface area (Å²) in [6.07, 6.45) is 4.77. The van der Waals surface area contributed by atoms with Crippen molar-refractivity contribution < 1.29 is 9.53 Å². The molecule has 0 radical (unpaired) electrons. The number of piperidine rings is 1. The number of amides is 1. The minimum atomic E-state index is -0.245. The fourth-order valence-corrected chi connectivity index (χ4v) is 3.45. The first-order valence-corrected chi connectivity index (χ1v) is 8.72. The molecule has 1 fully saturated rings. The summed E-state index contributed by atoms with van der Waals surface area (Å²) in [6, 6.07) is 11.8. The zero-order valence-electron chi connectivity index (χ0n) is 13.8. The Hall–Kier alpha value is -2.14. The molecule has 24 heavy (non-hydrogen) atoms. The molecule has 1 saturated heterocycles. The largest absolute Gasteiger partial charge is 0.445 e. The van der Waals surface area contributed by atoms with Gasteiger partial charge in [-0.15, -0.1) is 0 Å². The van der Waals surface area contributed by atoms with Gasteiger partial charge in [0.25, 0.3) is 0 Å². The number of carbonyl (C=O) groups excluding carboxylic acids is 1. The summed E-state index contributed by atoms with van der Waals surface area (Å²) in [5.41, 5.74) is 3.24. The molecule has 1 aromatic heterocycles. The molecule has 1 N–H and O–H groups in total. The van der Waals surface area contributed by atoms with E-state index < -0.39 is 0 Å². The second-order valence-corrected chi connectivity index (χ2v) is 6.62. The molecule has 0 spiro atoms. The number of H-pyrrole nitrogens is 1. The highest BCUT2D eigenvalue weighted by molar-refractivity contribution is 7.71. The number of aryl methyl sites for hydroxylation is 1. The molecule has 0 unspecified atom stereocenters. The molecular weight excluding hydrogens is 320 g/mol. The zero-order chi connectivity index (χ0) is 16.9. The van der Waals surface area contributed by atoms with Gasteiger partial charge in [0, 0.05) is 12.7 Å². The van der Waals surface area contributed by atoms with Crippen molar-refractivity contribution in [1.29, 1.82) is 0 Å². The predicted octanol–water partition coefficient (Wildman–Crippen LogP) is 4.92. The molecule has 0 bridgehead atoms. The van der Waals surface area contributed by atoms with Gasteiger partial charge >= 0.3 is 6.09 Å². The SMILES string of the molecule is Cc1cc(=S)[nH]cc1[C@H]1CCCCN1C(=O)OCc1ccccc1. The van der Waals surface area contributed by atoms with E-state index in [-0.39, 0.29) is 12.1 Å².